The van der Waals surface area contributed by atoms with Gasteiger partial charge in [0, 0.05) is 43.9 Å². The number of rotatable bonds is 7. The van der Waals surface area contributed by atoms with Gasteiger partial charge in [0.15, 0.2) is 0 Å². The van der Waals surface area contributed by atoms with E-state index in [1.54, 1.807) is 18.3 Å². The summed E-state index contributed by atoms with van der Waals surface area (Å²) >= 11 is 0. The number of hydrogen-bond donors (Lipinski definition) is 2. The molecule has 182 valence electrons. The molecule has 2 aromatic carbocycles. The largest absolute Gasteiger partial charge is 0.329 e. The monoisotopic (exact) mass is 474 g/mol. The molecule has 4 nitrogen and oxygen atoms in total. The molecular weight excluding hydrogens is 444 g/mol. The van der Waals surface area contributed by atoms with Gasteiger partial charge in [0.25, 0.3) is 0 Å². The van der Waals surface area contributed by atoms with Crippen molar-refractivity contribution < 1.29 is 17.6 Å². The number of imidazole rings is 1. The van der Waals surface area contributed by atoms with Gasteiger partial charge in [0.05, 0.1) is 11.7 Å². The summed E-state index contributed by atoms with van der Waals surface area (Å²) in [5.74, 6) is -1.08. The summed E-state index contributed by atoms with van der Waals surface area (Å²) in [5.41, 5.74) is 0.711. The molecule has 1 aliphatic heterocycles. The van der Waals surface area contributed by atoms with Gasteiger partial charge < -0.3 is 15.2 Å². The summed E-state index contributed by atoms with van der Waals surface area (Å²) in [7, 11) is 0. The molecule has 0 amide bonds. The Morgan fingerprint density at radius 2 is 1.85 bits per heavy atom. The summed E-state index contributed by atoms with van der Waals surface area (Å²) in [4.78, 5) is 4.72. The van der Waals surface area contributed by atoms with Crippen molar-refractivity contribution in [1.29, 1.82) is 0 Å². The third-order valence-electron chi connectivity index (χ3n) is 6.22. The van der Waals surface area contributed by atoms with Crippen molar-refractivity contribution in [3.05, 3.63) is 77.5 Å². The fraction of sp³-hybridized carbons (Fsp3) is 0.423. The van der Waals surface area contributed by atoms with Crippen molar-refractivity contribution in [2.45, 2.75) is 39.5 Å². The summed E-state index contributed by atoms with van der Waals surface area (Å²) in [5, 5.41) is 6.53. The van der Waals surface area contributed by atoms with Crippen LogP contribution < -0.4 is 10.6 Å². The molecular formula is C26H30F4N4. The predicted molar refractivity (Wildman–Crippen MR) is 125 cm³/mol. The van der Waals surface area contributed by atoms with Crippen LogP contribution in [0.15, 0.2) is 48.7 Å². The standard InChI is InChI=1S/C26H30F4N4/c1-26(2,3)24(32-12-17-11-31-13-22(17)30)25-33-23(20-10-19(28)7-8-21(20)29)15-34(25)14-16-5-4-6-18(27)9-16/h4-10,15,17,22,24,31-32H,11-14H2,1-3H3/t17-,22-,24-/m0/s1. The highest BCUT2D eigenvalue weighted by molar-refractivity contribution is 5.59. The molecule has 1 aliphatic rings. The van der Waals surface area contributed by atoms with E-state index in [1.807, 2.05) is 25.3 Å². The van der Waals surface area contributed by atoms with Crippen LogP contribution in [0.3, 0.4) is 0 Å². The van der Waals surface area contributed by atoms with Crippen molar-refractivity contribution in [2.24, 2.45) is 11.3 Å². The van der Waals surface area contributed by atoms with E-state index in [4.69, 9.17) is 4.98 Å². The Kier molecular flexibility index (Phi) is 7.09. The second kappa shape index (κ2) is 9.88. The fourth-order valence-corrected chi connectivity index (χ4v) is 4.40. The topological polar surface area (TPSA) is 41.9 Å². The molecule has 0 saturated carbocycles. The van der Waals surface area contributed by atoms with Crippen LogP contribution in [-0.2, 0) is 6.54 Å². The Morgan fingerprint density at radius 3 is 2.53 bits per heavy atom. The summed E-state index contributed by atoms with van der Waals surface area (Å²) in [6.07, 6.45) is 0.727. The summed E-state index contributed by atoms with van der Waals surface area (Å²) in [6, 6.07) is 9.16. The van der Waals surface area contributed by atoms with Crippen LogP contribution >= 0.6 is 0 Å². The number of aromatic nitrogens is 2. The molecule has 1 aromatic heterocycles. The van der Waals surface area contributed by atoms with E-state index in [-0.39, 0.29) is 34.4 Å². The first-order valence-corrected chi connectivity index (χ1v) is 11.5. The zero-order chi connectivity index (χ0) is 24.5. The van der Waals surface area contributed by atoms with E-state index in [9.17, 15) is 17.6 Å². The highest BCUT2D eigenvalue weighted by Gasteiger charge is 2.34. The van der Waals surface area contributed by atoms with Crippen LogP contribution in [0.1, 0.15) is 38.2 Å². The van der Waals surface area contributed by atoms with Crippen LogP contribution in [0, 0.1) is 28.8 Å². The van der Waals surface area contributed by atoms with Gasteiger partial charge in [0.1, 0.15) is 29.4 Å². The van der Waals surface area contributed by atoms with Crippen molar-refractivity contribution in [1.82, 2.24) is 20.2 Å². The lowest BCUT2D eigenvalue weighted by molar-refractivity contribution is 0.219. The molecule has 4 rings (SSSR count). The van der Waals surface area contributed by atoms with Crippen molar-refractivity contribution in [3.8, 4) is 11.3 Å². The van der Waals surface area contributed by atoms with Crippen molar-refractivity contribution in [2.75, 3.05) is 19.6 Å². The first-order valence-electron chi connectivity index (χ1n) is 11.5. The van der Waals surface area contributed by atoms with Gasteiger partial charge >= 0.3 is 0 Å². The Balaban J connectivity index is 1.75. The molecule has 0 bridgehead atoms. The third-order valence-corrected chi connectivity index (χ3v) is 6.22. The molecule has 3 aromatic rings. The first-order chi connectivity index (χ1) is 16.1. The molecule has 1 fully saturated rings. The molecule has 8 heteroatoms. The normalized spacial score (nSPS) is 19.5. The smallest absolute Gasteiger partial charge is 0.132 e. The van der Waals surface area contributed by atoms with E-state index in [1.165, 1.54) is 12.1 Å². The van der Waals surface area contributed by atoms with E-state index in [0.29, 0.717) is 37.6 Å². The minimum Gasteiger partial charge on any atom is -0.329 e. The number of nitrogens with zero attached hydrogens (tertiary/aromatic N) is 2. The maximum atomic E-state index is 14.6. The van der Waals surface area contributed by atoms with Crippen LogP contribution in [-0.4, -0.2) is 35.4 Å². The van der Waals surface area contributed by atoms with Gasteiger partial charge in [-0.1, -0.05) is 32.9 Å². The van der Waals surface area contributed by atoms with Gasteiger partial charge in [-0.15, -0.1) is 0 Å². The number of benzene rings is 2. The zero-order valence-electron chi connectivity index (χ0n) is 19.6. The SMILES string of the molecule is CC(C)(C)[C@@H](NC[C@@H]1CNC[C@@H]1F)c1nc(-c2cc(F)ccc2F)cn1Cc1cccc(F)c1. The third kappa shape index (κ3) is 5.50. The zero-order valence-corrected chi connectivity index (χ0v) is 19.6. The summed E-state index contributed by atoms with van der Waals surface area (Å²) < 4.78 is 58.4. The minimum atomic E-state index is -0.933. The molecule has 0 aliphatic carbocycles. The first kappa shape index (κ1) is 24.4. The van der Waals surface area contributed by atoms with E-state index < -0.39 is 17.8 Å². The van der Waals surface area contributed by atoms with Crippen molar-refractivity contribution >= 4 is 0 Å². The Hall–Kier alpha value is -2.71. The molecule has 0 spiro atoms. The number of nitrogens with one attached hydrogen (secondary N) is 2. The Morgan fingerprint density at radius 1 is 1.09 bits per heavy atom. The van der Waals surface area contributed by atoms with E-state index >= 15 is 0 Å². The molecule has 3 atom stereocenters. The highest BCUT2D eigenvalue weighted by atomic mass is 19.1. The van der Waals surface area contributed by atoms with Crippen LogP contribution in [0.2, 0.25) is 0 Å². The van der Waals surface area contributed by atoms with Crippen LogP contribution in [0.25, 0.3) is 11.3 Å². The molecule has 0 unspecified atom stereocenters. The lowest BCUT2D eigenvalue weighted by Gasteiger charge is -2.32. The van der Waals surface area contributed by atoms with Gasteiger partial charge in [-0.3, -0.25) is 0 Å². The maximum absolute atomic E-state index is 14.6. The van der Waals surface area contributed by atoms with E-state index in [0.717, 1.165) is 18.2 Å². The number of alkyl halides is 1. The van der Waals surface area contributed by atoms with Gasteiger partial charge in [-0.2, -0.15) is 0 Å². The molecule has 2 N–H and O–H groups in total. The minimum absolute atomic E-state index is 0.0516. The average Bonchev–Trinajstić information content (AvgIpc) is 3.35. The summed E-state index contributed by atoms with van der Waals surface area (Å²) in [6.45, 7) is 7.76. The second-order valence-electron chi connectivity index (χ2n) is 10.0. The van der Waals surface area contributed by atoms with Crippen LogP contribution in [0.4, 0.5) is 17.6 Å². The lowest BCUT2D eigenvalue weighted by atomic mass is 9.85. The van der Waals surface area contributed by atoms with E-state index in [2.05, 4.69) is 10.6 Å². The van der Waals surface area contributed by atoms with Crippen molar-refractivity contribution in [3.63, 3.8) is 0 Å². The fourth-order valence-electron chi connectivity index (χ4n) is 4.40. The van der Waals surface area contributed by atoms with Gasteiger partial charge in [-0.05, 0) is 41.3 Å². The molecule has 0 radical (unpaired) electrons. The number of hydrogen-bond acceptors (Lipinski definition) is 3. The molecule has 1 saturated heterocycles. The Bertz CT molecular complexity index is 1140. The molecule has 2 heterocycles. The lowest BCUT2D eigenvalue weighted by Crippen LogP contribution is -2.39. The second-order valence-corrected chi connectivity index (χ2v) is 10.0. The quantitative estimate of drug-likeness (QED) is 0.460. The highest BCUT2D eigenvalue weighted by Crippen LogP contribution is 2.35. The Labute approximate surface area is 197 Å². The number of halogens is 4. The molecule has 34 heavy (non-hydrogen) atoms. The van der Waals surface area contributed by atoms with Gasteiger partial charge in [0.2, 0.25) is 0 Å². The average molecular weight is 475 g/mol. The maximum Gasteiger partial charge on any atom is 0.132 e. The van der Waals surface area contributed by atoms with Gasteiger partial charge in [-0.25, -0.2) is 22.5 Å². The van der Waals surface area contributed by atoms with Crippen LogP contribution in [0.5, 0.6) is 0 Å². The predicted octanol–water partition coefficient (Wildman–Crippen LogP) is 5.25.